The van der Waals surface area contributed by atoms with Crippen LogP contribution in [0.15, 0.2) is 53.6 Å². The molecule has 2 amide bonds. The highest BCUT2D eigenvalue weighted by Crippen LogP contribution is 2.16. The number of rotatable bonds is 6. The van der Waals surface area contributed by atoms with Crippen LogP contribution >= 0.6 is 0 Å². The van der Waals surface area contributed by atoms with Crippen molar-refractivity contribution in [2.45, 2.75) is 39.3 Å². The van der Waals surface area contributed by atoms with Gasteiger partial charge in [-0.2, -0.15) is 5.10 Å². The Morgan fingerprint density at radius 1 is 1.04 bits per heavy atom. The van der Waals surface area contributed by atoms with Gasteiger partial charge in [0.1, 0.15) is 11.5 Å². The number of carbonyl (C=O) groups is 2. The van der Waals surface area contributed by atoms with E-state index in [9.17, 15) is 14.0 Å². The van der Waals surface area contributed by atoms with Crippen LogP contribution in [0.25, 0.3) is 0 Å². The minimum atomic E-state index is -0.332. The number of hydrogen-bond donors (Lipinski definition) is 0. The van der Waals surface area contributed by atoms with Crippen molar-refractivity contribution < 1.29 is 14.0 Å². The predicted molar refractivity (Wildman–Crippen MR) is 106 cm³/mol. The topological polar surface area (TPSA) is 53.0 Å². The minimum Gasteiger partial charge on any atom is -0.336 e. The minimum absolute atomic E-state index is 0.140. The van der Waals surface area contributed by atoms with Crippen molar-refractivity contribution in [1.29, 1.82) is 0 Å². The molecule has 0 bridgehead atoms. The van der Waals surface area contributed by atoms with E-state index < -0.39 is 0 Å². The normalized spacial score (nSPS) is 14.0. The fourth-order valence-corrected chi connectivity index (χ4v) is 3.09. The molecule has 0 saturated heterocycles. The molecule has 0 atom stereocenters. The monoisotopic (exact) mass is 381 g/mol. The zero-order valence-electron chi connectivity index (χ0n) is 16.2. The highest BCUT2D eigenvalue weighted by molar-refractivity contribution is 6.39. The van der Waals surface area contributed by atoms with Crippen molar-refractivity contribution in [3.63, 3.8) is 0 Å². The number of halogens is 1. The quantitative estimate of drug-likeness (QED) is 0.769. The Hall–Kier alpha value is -3.02. The van der Waals surface area contributed by atoms with E-state index in [-0.39, 0.29) is 30.6 Å². The van der Waals surface area contributed by atoms with E-state index in [1.54, 1.807) is 24.1 Å². The molecule has 1 aliphatic heterocycles. The molecule has 146 valence electrons. The fraction of sp³-hybridized carbons (Fsp3) is 0.318. The standard InChI is InChI=1S/C22H24FN3O2/c1-3-16-4-6-17(7-5-16)14-25(2)22(28)20-12-13-21(27)26(24-20)15-18-8-10-19(23)11-9-18/h4-11H,3,12-15H2,1-2H3. The molecule has 28 heavy (non-hydrogen) atoms. The van der Waals surface area contributed by atoms with Crippen LogP contribution in [0.5, 0.6) is 0 Å². The van der Waals surface area contributed by atoms with Gasteiger partial charge in [0.05, 0.1) is 6.54 Å². The molecule has 0 aromatic heterocycles. The van der Waals surface area contributed by atoms with E-state index in [0.717, 1.165) is 17.5 Å². The lowest BCUT2D eigenvalue weighted by Gasteiger charge is -2.25. The molecule has 6 heteroatoms. The van der Waals surface area contributed by atoms with Gasteiger partial charge in [0.25, 0.3) is 5.91 Å². The molecule has 0 aliphatic carbocycles. The second-order valence-corrected chi connectivity index (χ2v) is 6.96. The van der Waals surface area contributed by atoms with Crippen LogP contribution in [0.2, 0.25) is 0 Å². The highest BCUT2D eigenvalue weighted by atomic mass is 19.1. The van der Waals surface area contributed by atoms with E-state index in [2.05, 4.69) is 24.2 Å². The molecule has 2 aromatic carbocycles. The number of benzene rings is 2. The number of nitrogens with zero attached hydrogens (tertiary/aromatic N) is 3. The third-order valence-electron chi connectivity index (χ3n) is 4.80. The third-order valence-corrected chi connectivity index (χ3v) is 4.80. The second-order valence-electron chi connectivity index (χ2n) is 6.96. The summed E-state index contributed by atoms with van der Waals surface area (Å²) in [6, 6.07) is 14.1. The smallest absolute Gasteiger partial charge is 0.270 e. The third kappa shape index (κ3) is 4.82. The summed E-state index contributed by atoms with van der Waals surface area (Å²) in [5.41, 5.74) is 3.43. The fourth-order valence-electron chi connectivity index (χ4n) is 3.09. The van der Waals surface area contributed by atoms with Crippen LogP contribution in [0.1, 0.15) is 36.5 Å². The van der Waals surface area contributed by atoms with Crippen LogP contribution in [0.3, 0.4) is 0 Å². The first-order valence-electron chi connectivity index (χ1n) is 9.42. The summed E-state index contributed by atoms with van der Waals surface area (Å²) < 4.78 is 13.1. The Balaban J connectivity index is 1.68. The molecule has 5 nitrogen and oxygen atoms in total. The Morgan fingerprint density at radius 3 is 2.29 bits per heavy atom. The average molecular weight is 381 g/mol. The van der Waals surface area contributed by atoms with Gasteiger partial charge >= 0.3 is 0 Å². The van der Waals surface area contributed by atoms with Crippen molar-refractivity contribution >= 4 is 17.5 Å². The van der Waals surface area contributed by atoms with Crippen molar-refractivity contribution in [3.05, 3.63) is 71.0 Å². The van der Waals surface area contributed by atoms with Gasteiger partial charge in [-0.3, -0.25) is 9.59 Å². The number of carbonyl (C=O) groups excluding carboxylic acids is 2. The predicted octanol–water partition coefficient (Wildman–Crippen LogP) is 3.53. The van der Waals surface area contributed by atoms with Gasteiger partial charge < -0.3 is 4.90 Å². The summed E-state index contributed by atoms with van der Waals surface area (Å²) in [6.45, 7) is 2.80. The molecule has 0 radical (unpaired) electrons. The zero-order valence-corrected chi connectivity index (χ0v) is 16.2. The van der Waals surface area contributed by atoms with Gasteiger partial charge in [0.2, 0.25) is 5.91 Å². The Kier molecular flexibility index (Phi) is 6.19. The molecular formula is C22H24FN3O2. The number of aryl methyl sites for hydroxylation is 1. The van der Waals surface area contributed by atoms with E-state index in [1.807, 2.05) is 12.1 Å². The molecule has 0 saturated carbocycles. The molecule has 1 heterocycles. The maximum absolute atomic E-state index is 13.1. The summed E-state index contributed by atoms with van der Waals surface area (Å²) in [4.78, 5) is 26.6. The lowest BCUT2D eigenvalue weighted by molar-refractivity contribution is -0.132. The van der Waals surface area contributed by atoms with Crippen LogP contribution in [0, 0.1) is 5.82 Å². The molecule has 2 aromatic rings. The maximum atomic E-state index is 13.1. The Morgan fingerprint density at radius 2 is 1.64 bits per heavy atom. The van der Waals surface area contributed by atoms with Crippen LogP contribution < -0.4 is 0 Å². The maximum Gasteiger partial charge on any atom is 0.270 e. The molecule has 0 fully saturated rings. The number of hydrogen-bond acceptors (Lipinski definition) is 3. The highest BCUT2D eigenvalue weighted by Gasteiger charge is 2.26. The summed E-state index contributed by atoms with van der Waals surface area (Å²) in [6.07, 6.45) is 1.55. The SMILES string of the molecule is CCc1ccc(CN(C)C(=O)C2=NN(Cc3ccc(F)cc3)C(=O)CC2)cc1. The van der Waals surface area contributed by atoms with Crippen LogP contribution in [-0.2, 0) is 29.1 Å². The lowest BCUT2D eigenvalue weighted by atomic mass is 10.1. The zero-order chi connectivity index (χ0) is 20.1. The molecule has 0 N–H and O–H groups in total. The molecule has 1 aliphatic rings. The van der Waals surface area contributed by atoms with Gasteiger partial charge in [-0.1, -0.05) is 43.3 Å². The van der Waals surface area contributed by atoms with E-state index >= 15 is 0 Å². The lowest BCUT2D eigenvalue weighted by Crippen LogP contribution is -2.39. The summed E-state index contributed by atoms with van der Waals surface area (Å²) in [5, 5.41) is 5.59. The molecule has 3 rings (SSSR count). The van der Waals surface area contributed by atoms with Crippen molar-refractivity contribution in [3.8, 4) is 0 Å². The summed E-state index contributed by atoms with van der Waals surface area (Å²) >= 11 is 0. The van der Waals surface area contributed by atoms with Crippen LogP contribution in [0.4, 0.5) is 4.39 Å². The van der Waals surface area contributed by atoms with Gasteiger partial charge in [-0.15, -0.1) is 0 Å². The first-order valence-corrected chi connectivity index (χ1v) is 9.42. The molecule has 0 unspecified atom stereocenters. The van der Waals surface area contributed by atoms with Gasteiger partial charge in [0, 0.05) is 26.4 Å². The van der Waals surface area contributed by atoms with Gasteiger partial charge in [-0.25, -0.2) is 9.40 Å². The number of amides is 2. The Bertz CT molecular complexity index is 876. The van der Waals surface area contributed by atoms with Gasteiger partial charge in [0.15, 0.2) is 0 Å². The second kappa shape index (κ2) is 8.78. The Labute approximate surface area is 164 Å². The first-order chi connectivity index (χ1) is 13.5. The summed E-state index contributed by atoms with van der Waals surface area (Å²) in [5.74, 6) is -0.656. The van der Waals surface area contributed by atoms with E-state index in [4.69, 9.17) is 0 Å². The van der Waals surface area contributed by atoms with Crippen molar-refractivity contribution in [2.75, 3.05) is 7.05 Å². The average Bonchev–Trinajstić information content (AvgIpc) is 2.71. The van der Waals surface area contributed by atoms with Gasteiger partial charge in [-0.05, 0) is 35.2 Å². The van der Waals surface area contributed by atoms with Crippen LogP contribution in [-0.4, -0.2) is 34.5 Å². The molecular weight excluding hydrogens is 357 g/mol. The largest absolute Gasteiger partial charge is 0.336 e. The van der Waals surface area contributed by atoms with Crippen molar-refractivity contribution in [1.82, 2.24) is 9.91 Å². The number of hydrazone groups is 1. The summed E-state index contributed by atoms with van der Waals surface area (Å²) in [7, 11) is 1.74. The first kappa shape index (κ1) is 19.7. The van der Waals surface area contributed by atoms with E-state index in [1.165, 1.54) is 22.7 Å². The van der Waals surface area contributed by atoms with Crippen molar-refractivity contribution in [2.24, 2.45) is 5.10 Å². The molecule has 0 spiro atoms. The van der Waals surface area contributed by atoms with E-state index in [0.29, 0.717) is 18.7 Å².